The van der Waals surface area contributed by atoms with Gasteiger partial charge in [0, 0.05) is 22.9 Å². The van der Waals surface area contributed by atoms with Crippen molar-refractivity contribution in [1.82, 2.24) is 15.1 Å². The quantitative estimate of drug-likeness (QED) is 0.482. The third-order valence-corrected chi connectivity index (χ3v) is 6.60. The Morgan fingerprint density at radius 3 is 2.58 bits per heavy atom. The lowest BCUT2D eigenvalue weighted by Crippen LogP contribution is -2.12. The van der Waals surface area contributed by atoms with Crippen molar-refractivity contribution >= 4 is 32.2 Å². The number of carbonyl (C=O) groups excluding carboxylic acids is 1. The molecule has 8 nitrogen and oxygen atoms in total. The molecule has 31 heavy (non-hydrogen) atoms. The molecule has 0 unspecified atom stereocenters. The van der Waals surface area contributed by atoms with Crippen molar-refractivity contribution in [3.8, 4) is 22.7 Å². The summed E-state index contributed by atoms with van der Waals surface area (Å²) in [4.78, 5) is 21.9. The van der Waals surface area contributed by atoms with E-state index in [1.165, 1.54) is 23.6 Å². The average molecular weight is 455 g/mol. The predicted molar refractivity (Wildman–Crippen MR) is 118 cm³/mol. The molecule has 1 aromatic carbocycles. The summed E-state index contributed by atoms with van der Waals surface area (Å²) in [5.74, 6) is -0.431. The molecule has 0 spiro atoms. The zero-order chi connectivity index (χ0) is 22.2. The van der Waals surface area contributed by atoms with E-state index in [-0.39, 0.29) is 21.8 Å². The fourth-order valence-electron chi connectivity index (χ4n) is 2.96. The Morgan fingerprint density at radius 1 is 1.06 bits per heavy atom. The van der Waals surface area contributed by atoms with E-state index < -0.39 is 15.7 Å². The minimum absolute atomic E-state index is 0.0538. The van der Waals surface area contributed by atoms with Crippen LogP contribution < -0.4 is 5.32 Å². The van der Waals surface area contributed by atoms with Crippen LogP contribution in [-0.4, -0.2) is 35.7 Å². The maximum absolute atomic E-state index is 12.9. The Morgan fingerprint density at radius 2 is 1.84 bits per heavy atom. The monoisotopic (exact) mass is 454 g/mol. The van der Waals surface area contributed by atoms with E-state index in [1.54, 1.807) is 23.6 Å². The largest absolute Gasteiger partial charge is 0.355 e. The summed E-state index contributed by atoms with van der Waals surface area (Å²) in [5, 5.41) is 8.60. The fraction of sp³-hybridized carbons (Fsp3) is 0.143. The zero-order valence-corrected chi connectivity index (χ0v) is 18.5. The molecule has 0 atom stereocenters. The molecule has 3 aromatic heterocycles. The van der Waals surface area contributed by atoms with Crippen LogP contribution in [0, 0.1) is 13.8 Å². The van der Waals surface area contributed by atoms with Crippen LogP contribution in [0.4, 0.5) is 5.13 Å². The number of aryl methyl sites for hydroxylation is 2. The number of carbonyl (C=O) groups is 1. The number of nitrogens with zero attached hydrogens (tertiary/aromatic N) is 3. The standard InChI is InChI=1S/C21H18N4O4S2/c1-12-8-9-16(23-13(12)2)17-11-30-21(24-17)25-20(26)15-10-22-29-19(15)14-6-4-5-7-18(14)31(3,27)28/h4-11H,1-3H3,(H,24,25,26). The first kappa shape index (κ1) is 20.9. The number of benzene rings is 1. The maximum atomic E-state index is 12.9. The van der Waals surface area contributed by atoms with E-state index >= 15 is 0 Å². The summed E-state index contributed by atoms with van der Waals surface area (Å²) >= 11 is 1.26. The second-order valence-electron chi connectivity index (χ2n) is 6.93. The molecule has 3 heterocycles. The number of aromatic nitrogens is 3. The molecule has 1 amide bonds. The van der Waals surface area contributed by atoms with Crippen LogP contribution in [-0.2, 0) is 9.84 Å². The van der Waals surface area contributed by atoms with E-state index in [9.17, 15) is 13.2 Å². The molecule has 4 rings (SSSR count). The first-order valence-electron chi connectivity index (χ1n) is 9.19. The van der Waals surface area contributed by atoms with E-state index in [0.29, 0.717) is 16.5 Å². The molecule has 158 valence electrons. The molecule has 0 bridgehead atoms. The Bertz CT molecular complexity index is 1390. The number of rotatable bonds is 5. The van der Waals surface area contributed by atoms with Gasteiger partial charge >= 0.3 is 0 Å². The molecule has 0 fully saturated rings. The number of amides is 1. The van der Waals surface area contributed by atoms with Crippen LogP contribution in [0.25, 0.3) is 22.7 Å². The van der Waals surface area contributed by atoms with Gasteiger partial charge in [0.1, 0.15) is 11.3 Å². The molecule has 0 aliphatic carbocycles. The van der Waals surface area contributed by atoms with E-state index in [1.807, 2.05) is 26.0 Å². The summed E-state index contributed by atoms with van der Waals surface area (Å²) in [6.07, 6.45) is 2.35. The van der Waals surface area contributed by atoms with Gasteiger partial charge < -0.3 is 4.52 Å². The van der Waals surface area contributed by atoms with Crippen LogP contribution in [0.5, 0.6) is 0 Å². The summed E-state index contributed by atoms with van der Waals surface area (Å²) in [5.41, 5.74) is 3.74. The van der Waals surface area contributed by atoms with Crippen molar-refractivity contribution in [1.29, 1.82) is 0 Å². The number of thiazole rings is 1. The van der Waals surface area contributed by atoms with E-state index in [0.717, 1.165) is 17.5 Å². The number of hydrogen-bond donors (Lipinski definition) is 1. The van der Waals surface area contributed by atoms with Gasteiger partial charge in [0.05, 0.1) is 16.8 Å². The summed E-state index contributed by atoms with van der Waals surface area (Å²) in [6, 6.07) is 10.1. The lowest BCUT2D eigenvalue weighted by molar-refractivity contribution is 0.102. The second kappa shape index (κ2) is 8.05. The highest BCUT2D eigenvalue weighted by Crippen LogP contribution is 2.31. The van der Waals surface area contributed by atoms with Gasteiger partial charge in [0.2, 0.25) is 0 Å². The second-order valence-corrected chi connectivity index (χ2v) is 9.77. The third kappa shape index (κ3) is 4.25. The number of pyridine rings is 1. The molecular formula is C21H18N4O4S2. The summed E-state index contributed by atoms with van der Waals surface area (Å²) < 4.78 is 29.5. The van der Waals surface area contributed by atoms with Gasteiger partial charge in [-0.1, -0.05) is 23.4 Å². The van der Waals surface area contributed by atoms with Crippen molar-refractivity contribution in [3.63, 3.8) is 0 Å². The molecule has 0 saturated heterocycles. The molecule has 0 aliphatic rings. The predicted octanol–water partition coefficient (Wildman–Crippen LogP) is 4.13. The Balaban J connectivity index is 1.62. The van der Waals surface area contributed by atoms with Crippen molar-refractivity contribution < 1.29 is 17.7 Å². The first-order chi connectivity index (χ1) is 14.7. The van der Waals surface area contributed by atoms with Crippen LogP contribution >= 0.6 is 11.3 Å². The Kier molecular flexibility index (Phi) is 5.42. The minimum Gasteiger partial charge on any atom is -0.355 e. The SMILES string of the molecule is Cc1ccc(-c2csc(NC(=O)c3cnoc3-c3ccccc3S(C)(=O)=O)n2)nc1C. The van der Waals surface area contributed by atoms with Crippen LogP contribution in [0.15, 0.2) is 57.4 Å². The molecule has 0 aliphatic heterocycles. The van der Waals surface area contributed by atoms with Gasteiger partial charge in [-0.2, -0.15) is 0 Å². The number of nitrogens with one attached hydrogen (secondary N) is 1. The molecule has 1 N–H and O–H groups in total. The van der Waals surface area contributed by atoms with Gasteiger partial charge in [-0.3, -0.25) is 15.1 Å². The number of hydrogen-bond acceptors (Lipinski definition) is 8. The van der Waals surface area contributed by atoms with Crippen LogP contribution in [0.2, 0.25) is 0 Å². The normalized spacial score (nSPS) is 11.5. The molecule has 10 heteroatoms. The van der Waals surface area contributed by atoms with Gasteiger partial charge in [-0.05, 0) is 37.6 Å². The Labute approximate surface area is 182 Å². The van der Waals surface area contributed by atoms with E-state index in [4.69, 9.17) is 4.52 Å². The van der Waals surface area contributed by atoms with E-state index in [2.05, 4.69) is 20.4 Å². The van der Waals surface area contributed by atoms with Crippen molar-refractivity contribution in [2.75, 3.05) is 11.6 Å². The summed E-state index contributed by atoms with van der Waals surface area (Å²) in [6.45, 7) is 3.91. The number of anilines is 1. The maximum Gasteiger partial charge on any atom is 0.263 e. The fourth-order valence-corrected chi connectivity index (χ4v) is 4.55. The third-order valence-electron chi connectivity index (χ3n) is 4.68. The van der Waals surface area contributed by atoms with Crippen molar-refractivity contribution in [3.05, 3.63) is 64.8 Å². The highest BCUT2D eigenvalue weighted by Gasteiger charge is 2.24. The number of sulfone groups is 1. The zero-order valence-electron chi connectivity index (χ0n) is 16.9. The van der Waals surface area contributed by atoms with Gasteiger partial charge in [0.15, 0.2) is 20.7 Å². The molecule has 0 radical (unpaired) electrons. The van der Waals surface area contributed by atoms with Gasteiger partial charge in [0.25, 0.3) is 5.91 Å². The average Bonchev–Trinajstić information content (AvgIpc) is 3.39. The molecule has 4 aromatic rings. The molecular weight excluding hydrogens is 436 g/mol. The lowest BCUT2D eigenvalue weighted by Gasteiger charge is -2.06. The van der Waals surface area contributed by atoms with Gasteiger partial charge in [-0.15, -0.1) is 11.3 Å². The van der Waals surface area contributed by atoms with Crippen LogP contribution in [0.3, 0.4) is 0 Å². The highest BCUT2D eigenvalue weighted by molar-refractivity contribution is 7.90. The van der Waals surface area contributed by atoms with Crippen molar-refractivity contribution in [2.24, 2.45) is 0 Å². The smallest absolute Gasteiger partial charge is 0.263 e. The van der Waals surface area contributed by atoms with Crippen LogP contribution in [0.1, 0.15) is 21.6 Å². The van der Waals surface area contributed by atoms with Crippen molar-refractivity contribution in [2.45, 2.75) is 18.7 Å². The highest BCUT2D eigenvalue weighted by atomic mass is 32.2. The molecule has 0 saturated carbocycles. The van der Waals surface area contributed by atoms with Gasteiger partial charge in [-0.25, -0.2) is 13.4 Å². The lowest BCUT2D eigenvalue weighted by atomic mass is 10.1. The topological polar surface area (TPSA) is 115 Å². The minimum atomic E-state index is -3.53. The summed E-state index contributed by atoms with van der Waals surface area (Å²) in [7, 11) is -3.53. The Hall–Kier alpha value is -3.37. The first-order valence-corrected chi connectivity index (χ1v) is 12.0.